The number of rotatable bonds is 4. The van der Waals surface area contributed by atoms with Crippen LogP contribution in [0.1, 0.15) is 16.8 Å². The first-order chi connectivity index (χ1) is 9.51. The van der Waals surface area contributed by atoms with Crippen molar-refractivity contribution in [3.05, 3.63) is 35.9 Å². The van der Waals surface area contributed by atoms with Gasteiger partial charge in [-0.1, -0.05) is 12.2 Å². The maximum Gasteiger partial charge on any atom is 0.310 e. The summed E-state index contributed by atoms with van der Waals surface area (Å²) in [6.07, 6.45) is 3.51. The largest absolute Gasteiger partial charge is 0.507 e. The SMILES string of the molecule is COc1ccc(O)c(C(=O)NC2C=CC(C(=O)O)C2)c1. The number of phenolic OH excluding ortho intramolecular Hbond substituents is 1. The summed E-state index contributed by atoms with van der Waals surface area (Å²) in [5.74, 6) is -1.66. The fourth-order valence-electron chi connectivity index (χ4n) is 2.06. The van der Waals surface area contributed by atoms with Crippen molar-refractivity contribution in [2.24, 2.45) is 5.92 Å². The number of benzene rings is 1. The molecule has 0 aromatic heterocycles. The number of carbonyl (C=O) groups is 2. The van der Waals surface area contributed by atoms with Gasteiger partial charge in [-0.3, -0.25) is 9.59 Å². The lowest BCUT2D eigenvalue weighted by atomic mass is 10.1. The van der Waals surface area contributed by atoms with E-state index in [9.17, 15) is 14.7 Å². The predicted molar refractivity (Wildman–Crippen MR) is 70.8 cm³/mol. The molecule has 0 aliphatic heterocycles. The van der Waals surface area contributed by atoms with Gasteiger partial charge in [-0.25, -0.2) is 0 Å². The Hall–Kier alpha value is -2.50. The van der Waals surface area contributed by atoms with Crippen molar-refractivity contribution < 1.29 is 24.5 Å². The Bertz CT molecular complexity index is 567. The Morgan fingerprint density at radius 1 is 1.35 bits per heavy atom. The molecule has 106 valence electrons. The van der Waals surface area contributed by atoms with Crippen LogP contribution in [0.25, 0.3) is 0 Å². The van der Waals surface area contributed by atoms with Crippen molar-refractivity contribution in [1.29, 1.82) is 0 Å². The number of carbonyl (C=O) groups excluding carboxylic acids is 1. The minimum atomic E-state index is -0.915. The summed E-state index contributed by atoms with van der Waals surface area (Å²) in [5.41, 5.74) is 0.0940. The highest BCUT2D eigenvalue weighted by molar-refractivity contribution is 5.97. The predicted octanol–water partition coefficient (Wildman–Crippen LogP) is 1.16. The maximum atomic E-state index is 12.1. The molecule has 1 aliphatic carbocycles. The van der Waals surface area contributed by atoms with E-state index in [1.54, 1.807) is 18.2 Å². The lowest BCUT2D eigenvalue weighted by Crippen LogP contribution is -2.33. The van der Waals surface area contributed by atoms with Crippen LogP contribution in [0.15, 0.2) is 30.4 Å². The Morgan fingerprint density at radius 3 is 2.70 bits per heavy atom. The third-order valence-corrected chi connectivity index (χ3v) is 3.17. The van der Waals surface area contributed by atoms with Crippen LogP contribution in [0.5, 0.6) is 11.5 Å². The van der Waals surface area contributed by atoms with Gasteiger partial charge in [0.1, 0.15) is 11.5 Å². The maximum absolute atomic E-state index is 12.1. The van der Waals surface area contributed by atoms with Crippen LogP contribution in [-0.4, -0.2) is 35.2 Å². The summed E-state index contributed by atoms with van der Waals surface area (Å²) < 4.78 is 5.00. The summed E-state index contributed by atoms with van der Waals surface area (Å²) in [4.78, 5) is 22.9. The summed E-state index contributed by atoms with van der Waals surface area (Å²) in [5, 5.41) is 21.2. The van der Waals surface area contributed by atoms with Crippen LogP contribution in [-0.2, 0) is 4.79 Å². The molecular weight excluding hydrogens is 262 g/mol. The van der Waals surface area contributed by atoms with Crippen molar-refractivity contribution in [3.63, 3.8) is 0 Å². The average Bonchev–Trinajstić information content (AvgIpc) is 2.88. The van der Waals surface area contributed by atoms with E-state index in [0.717, 1.165) is 0 Å². The Balaban J connectivity index is 2.06. The molecule has 0 saturated heterocycles. The molecular formula is C14H15NO5. The smallest absolute Gasteiger partial charge is 0.310 e. The number of carboxylic acid groups (broad SMARTS) is 1. The molecule has 0 heterocycles. The van der Waals surface area contributed by atoms with Crippen molar-refractivity contribution in [2.75, 3.05) is 7.11 Å². The highest BCUT2D eigenvalue weighted by Gasteiger charge is 2.26. The molecule has 2 unspecified atom stereocenters. The van der Waals surface area contributed by atoms with Gasteiger partial charge in [0, 0.05) is 6.04 Å². The van der Waals surface area contributed by atoms with Gasteiger partial charge in [-0.2, -0.15) is 0 Å². The minimum Gasteiger partial charge on any atom is -0.507 e. The van der Waals surface area contributed by atoms with E-state index >= 15 is 0 Å². The second-order valence-corrected chi connectivity index (χ2v) is 4.53. The van der Waals surface area contributed by atoms with E-state index in [2.05, 4.69) is 5.32 Å². The quantitative estimate of drug-likeness (QED) is 0.718. The van der Waals surface area contributed by atoms with Crippen LogP contribution >= 0.6 is 0 Å². The van der Waals surface area contributed by atoms with E-state index < -0.39 is 17.8 Å². The Labute approximate surface area is 115 Å². The normalized spacial score (nSPS) is 20.6. The topological polar surface area (TPSA) is 95.9 Å². The molecule has 6 heteroatoms. The van der Waals surface area contributed by atoms with Crippen LogP contribution < -0.4 is 10.1 Å². The van der Waals surface area contributed by atoms with E-state index in [0.29, 0.717) is 12.2 Å². The molecule has 3 N–H and O–H groups in total. The molecule has 2 rings (SSSR count). The first-order valence-electron chi connectivity index (χ1n) is 6.10. The van der Waals surface area contributed by atoms with E-state index in [1.165, 1.54) is 19.2 Å². The lowest BCUT2D eigenvalue weighted by Gasteiger charge is -2.13. The van der Waals surface area contributed by atoms with Gasteiger partial charge in [0.2, 0.25) is 0 Å². The van der Waals surface area contributed by atoms with Gasteiger partial charge in [0.05, 0.1) is 18.6 Å². The third-order valence-electron chi connectivity index (χ3n) is 3.17. The first kappa shape index (κ1) is 13.9. The monoisotopic (exact) mass is 277 g/mol. The first-order valence-corrected chi connectivity index (χ1v) is 6.10. The highest BCUT2D eigenvalue weighted by atomic mass is 16.5. The van der Waals surface area contributed by atoms with Crippen molar-refractivity contribution >= 4 is 11.9 Å². The molecule has 0 bridgehead atoms. The summed E-state index contributed by atoms with van der Waals surface area (Å²) >= 11 is 0. The molecule has 6 nitrogen and oxygen atoms in total. The number of hydrogen-bond acceptors (Lipinski definition) is 4. The van der Waals surface area contributed by atoms with Gasteiger partial charge in [0.25, 0.3) is 5.91 Å². The van der Waals surface area contributed by atoms with Gasteiger partial charge < -0.3 is 20.3 Å². The molecule has 2 atom stereocenters. The zero-order chi connectivity index (χ0) is 14.7. The number of aliphatic carboxylic acids is 1. The van der Waals surface area contributed by atoms with Gasteiger partial charge >= 0.3 is 5.97 Å². The van der Waals surface area contributed by atoms with Crippen LogP contribution in [0.2, 0.25) is 0 Å². The standard InChI is InChI=1S/C14H15NO5/c1-20-10-4-5-12(16)11(7-10)13(17)15-9-3-2-8(6-9)14(18)19/h2-5,7-9,16H,6H2,1H3,(H,15,17)(H,18,19). The van der Waals surface area contributed by atoms with E-state index in [1.807, 2.05) is 0 Å². The van der Waals surface area contributed by atoms with Crippen LogP contribution in [0.4, 0.5) is 0 Å². The Morgan fingerprint density at radius 2 is 2.10 bits per heavy atom. The number of aromatic hydroxyl groups is 1. The fourth-order valence-corrected chi connectivity index (χ4v) is 2.06. The zero-order valence-electron chi connectivity index (χ0n) is 10.9. The second-order valence-electron chi connectivity index (χ2n) is 4.53. The molecule has 0 spiro atoms. The van der Waals surface area contributed by atoms with Crippen molar-refractivity contribution in [3.8, 4) is 11.5 Å². The fraction of sp³-hybridized carbons (Fsp3) is 0.286. The number of methoxy groups -OCH3 is 1. The molecule has 1 aliphatic rings. The molecule has 1 aromatic rings. The van der Waals surface area contributed by atoms with Gasteiger partial charge in [0.15, 0.2) is 0 Å². The van der Waals surface area contributed by atoms with Gasteiger partial charge in [-0.05, 0) is 24.6 Å². The number of hydrogen-bond donors (Lipinski definition) is 3. The molecule has 0 fully saturated rings. The molecule has 0 radical (unpaired) electrons. The average molecular weight is 277 g/mol. The highest BCUT2D eigenvalue weighted by Crippen LogP contribution is 2.24. The van der Waals surface area contributed by atoms with Gasteiger partial charge in [-0.15, -0.1) is 0 Å². The number of carboxylic acids is 1. The Kier molecular flexibility index (Phi) is 3.93. The number of amides is 1. The molecule has 1 amide bonds. The number of nitrogens with one attached hydrogen (secondary N) is 1. The third kappa shape index (κ3) is 2.90. The zero-order valence-corrected chi connectivity index (χ0v) is 10.9. The number of phenols is 1. The van der Waals surface area contributed by atoms with Crippen LogP contribution in [0.3, 0.4) is 0 Å². The second kappa shape index (κ2) is 5.64. The lowest BCUT2D eigenvalue weighted by molar-refractivity contribution is -0.140. The molecule has 1 aromatic carbocycles. The molecule has 0 saturated carbocycles. The van der Waals surface area contributed by atoms with Crippen molar-refractivity contribution in [2.45, 2.75) is 12.5 Å². The molecule has 20 heavy (non-hydrogen) atoms. The van der Waals surface area contributed by atoms with Crippen LogP contribution in [0, 0.1) is 5.92 Å². The summed E-state index contributed by atoms with van der Waals surface area (Å²) in [6.45, 7) is 0. The van der Waals surface area contributed by atoms with E-state index in [-0.39, 0.29) is 17.4 Å². The van der Waals surface area contributed by atoms with E-state index in [4.69, 9.17) is 9.84 Å². The summed E-state index contributed by atoms with van der Waals surface area (Å²) in [7, 11) is 1.46. The number of ether oxygens (including phenoxy) is 1. The van der Waals surface area contributed by atoms with Crippen molar-refractivity contribution in [1.82, 2.24) is 5.32 Å². The summed E-state index contributed by atoms with van der Waals surface area (Å²) in [6, 6.07) is 3.99. The minimum absolute atomic E-state index is 0.0940.